The monoisotopic (exact) mass is 657 g/mol. The van der Waals surface area contributed by atoms with Crippen LogP contribution in [0.5, 0.6) is 0 Å². The first kappa shape index (κ1) is 33.8. The first-order valence-electron chi connectivity index (χ1n) is 11.9. The van der Waals surface area contributed by atoms with Crippen molar-refractivity contribution in [2.75, 3.05) is 27.2 Å². The maximum atomic E-state index is 13.9. The number of fused-ring (bicyclic) bond motifs is 3. The van der Waals surface area contributed by atoms with Crippen LogP contribution in [0, 0.1) is 5.41 Å². The van der Waals surface area contributed by atoms with Crippen molar-refractivity contribution < 1.29 is 65.2 Å². The molecule has 0 aromatic heterocycles. The van der Waals surface area contributed by atoms with E-state index in [0.29, 0.717) is 0 Å². The molecule has 0 spiro atoms. The third-order valence-corrected chi connectivity index (χ3v) is 10.6. The van der Waals surface area contributed by atoms with Crippen LogP contribution in [-0.4, -0.2) is 77.1 Å². The molecule has 0 amide bonds. The fraction of sp³-hybridized carbons (Fsp3) is 0.458. The van der Waals surface area contributed by atoms with Gasteiger partial charge in [0.25, 0.3) is 19.7 Å². The van der Waals surface area contributed by atoms with Gasteiger partial charge in [-0.1, -0.05) is 24.3 Å². The van der Waals surface area contributed by atoms with E-state index in [9.17, 15) is 60.7 Å². The standard InChI is InChI=1S/C17H7F10NO4S2.C7H16N/c18-14(19,20)16(24,25)33(29,30)11-6-9-8-4-2-1-3-7(8)5-10(9)12(28)13(11)34(31,32)17(26,27)15(21,22)23;1-8(2)6-4-3-5-7-8/h1-6,28H;3-7H2,1-2H3/q;+1. The summed E-state index contributed by atoms with van der Waals surface area (Å²) in [5.74, 6) is 0. The van der Waals surface area contributed by atoms with Gasteiger partial charge in [0.15, 0.2) is 0 Å². The van der Waals surface area contributed by atoms with Crippen LogP contribution < -0.4 is 0 Å². The molecule has 0 bridgehead atoms. The molecule has 234 valence electrons. The average molecular weight is 658 g/mol. The summed E-state index contributed by atoms with van der Waals surface area (Å²) in [6.07, 6.45) is -8.88. The molecule has 1 fully saturated rings. The van der Waals surface area contributed by atoms with Gasteiger partial charge in [0.05, 0.1) is 37.8 Å². The van der Waals surface area contributed by atoms with Crippen molar-refractivity contribution >= 4 is 37.0 Å². The van der Waals surface area contributed by atoms with E-state index in [4.69, 9.17) is 5.41 Å². The molecule has 0 saturated carbocycles. The molecule has 0 radical (unpaired) electrons. The number of piperidine rings is 1. The molecular weight excluding hydrogens is 634 g/mol. The van der Waals surface area contributed by atoms with Crippen molar-refractivity contribution in [2.24, 2.45) is 0 Å². The average Bonchev–Trinajstić information content (AvgIpc) is 3.21. The van der Waals surface area contributed by atoms with Gasteiger partial charge in [-0.15, -0.1) is 0 Å². The molecule has 1 aromatic rings. The summed E-state index contributed by atoms with van der Waals surface area (Å²) in [6, 6.07) is 4.95. The Morgan fingerprint density at radius 1 is 0.690 bits per heavy atom. The SMILES string of the molecule is C[N+]1(C)CCCCC1.N=C1C2=Cc3ccccc3C2=CC(S(=O)(=O)C(F)(F)C(F)(F)F)=C1S(=O)(=O)C(F)(F)C(F)(F)F. The number of hydrogen-bond donors (Lipinski definition) is 1. The number of hydrogen-bond acceptors (Lipinski definition) is 5. The minimum absolute atomic E-state index is 0.0223. The molecule has 1 aromatic carbocycles. The second kappa shape index (κ2) is 10.5. The minimum Gasteiger partial charge on any atom is -0.328 e. The van der Waals surface area contributed by atoms with Gasteiger partial charge in [0.1, 0.15) is 4.91 Å². The Morgan fingerprint density at radius 3 is 1.62 bits per heavy atom. The quantitative estimate of drug-likeness (QED) is 0.313. The molecule has 42 heavy (non-hydrogen) atoms. The highest BCUT2D eigenvalue weighted by Gasteiger charge is 2.72. The van der Waals surface area contributed by atoms with Crippen molar-refractivity contribution in [2.45, 2.75) is 42.1 Å². The largest absolute Gasteiger partial charge is 0.469 e. The number of likely N-dealkylation sites (tertiary alicyclic amines) is 1. The Bertz CT molecular complexity index is 1590. The predicted octanol–water partition coefficient (Wildman–Crippen LogP) is 6.10. The van der Waals surface area contributed by atoms with Crippen molar-refractivity contribution in [3.05, 3.63) is 56.9 Å². The number of nitrogens with one attached hydrogen (secondary N) is 1. The number of alkyl halides is 10. The normalized spacial score (nSPS) is 19.8. The lowest BCUT2D eigenvalue weighted by atomic mass is 9.95. The molecule has 0 atom stereocenters. The predicted molar refractivity (Wildman–Crippen MR) is 133 cm³/mol. The van der Waals surface area contributed by atoms with Crippen LogP contribution in [-0.2, 0) is 19.7 Å². The third kappa shape index (κ3) is 5.52. The third-order valence-electron chi connectivity index (χ3n) is 6.76. The smallest absolute Gasteiger partial charge is 0.328 e. The molecule has 6 nitrogen and oxygen atoms in total. The van der Waals surface area contributed by atoms with Crippen molar-refractivity contribution in [1.29, 1.82) is 5.41 Å². The van der Waals surface area contributed by atoms with Gasteiger partial charge in [-0.25, -0.2) is 16.8 Å². The summed E-state index contributed by atoms with van der Waals surface area (Å²) in [4.78, 5) is -5.57. The van der Waals surface area contributed by atoms with Crippen molar-refractivity contribution in [3.63, 3.8) is 0 Å². The van der Waals surface area contributed by atoms with Crippen LogP contribution >= 0.6 is 0 Å². The highest BCUT2D eigenvalue weighted by molar-refractivity contribution is 8.01. The molecule has 1 N–H and O–H groups in total. The molecule has 1 heterocycles. The summed E-state index contributed by atoms with van der Waals surface area (Å²) in [5.41, 5.74) is -3.48. The second-order valence-electron chi connectivity index (χ2n) is 10.3. The zero-order valence-electron chi connectivity index (χ0n) is 21.7. The molecule has 1 aliphatic heterocycles. The van der Waals surface area contributed by atoms with E-state index in [2.05, 4.69) is 14.1 Å². The number of rotatable bonds is 4. The molecule has 4 rings (SSSR count). The molecular formula is C24H23F10N2O4S2+. The van der Waals surface area contributed by atoms with Gasteiger partial charge in [-0.05, 0) is 48.1 Å². The van der Waals surface area contributed by atoms with E-state index >= 15 is 0 Å². The molecule has 1 saturated heterocycles. The van der Waals surface area contributed by atoms with Crippen molar-refractivity contribution in [3.8, 4) is 0 Å². The van der Waals surface area contributed by atoms with Crippen LogP contribution in [0.4, 0.5) is 43.9 Å². The Labute approximate surface area is 233 Å². The van der Waals surface area contributed by atoms with Crippen molar-refractivity contribution in [1.82, 2.24) is 0 Å². The summed E-state index contributed by atoms with van der Waals surface area (Å²) < 4.78 is 183. The van der Waals surface area contributed by atoms with Crippen LogP contribution in [0.15, 0.2) is 45.7 Å². The zero-order valence-corrected chi connectivity index (χ0v) is 23.3. The highest BCUT2D eigenvalue weighted by atomic mass is 32.2. The van der Waals surface area contributed by atoms with E-state index in [-0.39, 0.29) is 17.2 Å². The zero-order chi connectivity index (χ0) is 32.3. The summed E-state index contributed by atoms with van der Waals surface area (Å²) >= 11 is 0. The van der Waals surface area contributed by atoms with E-state index in [0.717, 1.165) is 12.1 Å². The summed E-state index contributed by atoms with van der Waals surface area (Å²) in [5, 5.41) is -5.85. The van der Waals surface area contributed by atoms with E-state index in [1.54, 1.807) is 0 Å². The van der Waals surface area contributed by atoms with Gasteiger partial charge < -0.3 is 4.48 Å². The Morgan fingerprint density at radius 2 is 1.17 bits per heavy atom. The topological polar surface area (TPSA) is 92.1 Å². The van der Waals surface area contributed by atoms with Gasteiger partial charge in [0.2, 0.25) is 0 Å². The fourth-order valence-corrected chi connectivity index (χ4v) is 7.58. The van der Waals surface area contributed by atoms with Gasteiger partial charge in [0, 0.05) is 5.57 Å². The lowest BCUT2D eigenvalue weighted by Gasteiger charge is -2.33. The first-order valence-corrected chi connectivity index (χ1v) is 14.8. The van der Waals surface area contributed by atoms with E-state index < -0.39 is 69.2 Å². The number of nitrogens with zero attached hydrogens (tertiary/aromatic N) is 1. The number of sulfone groups is 2. The number of allylic oxidation sites excluding steroid dienone is 4. The second-order valence-corrected chi connectivity index (χ2v) is 14.1. The maximum Gasteiger partial charge on any atom is 0.469 e. The molecule has 3 aliphatic rings. The fourth-order valence-electron chi connectivity index (χ4n) is 4.46. The Hall–Kier alpha value is -2.73. The minimum atomic E-state index is -7.40. The van der Waals surface area contributed by atoms with Crippen LogP contribution in [0.3, 0.4) is 0 Å². The highest BCUT2D eigenvalue weighted by Crippen LogP contribution is 2.52. The van der Waals surface area contributed by atoms with E-state index in [1.807, 2.05) is 0 Å². The lowest BCUT2D eigenvalue weighted by Crippen LogP contribution is -2.48. The van der Waals surface area contributed by atoms with Gasteiger partial charge in [-0.2, -0.15) is 43.9 Å². The Balaban J connectivity index is 0.000000521. The van der Waals surface area contributed by atoms with Gasteiger partial charge >= 0.3 is 22.9 Å². The van der Waals surface area contributed by atoms with Crippen LogP contribution in [0.2, 0.25) is 0 Å². The van der Waals surface area contributed by atoms with E-state index in [1.165, 1.54) is 55.0 Å². The Kier molecular flexibility index (Phi) is 8.41. The molecule has 2 aliphatic carbocycles. The number of quaternary nitrogens is 1. The van der Waals surface area contributed by atoms with Gasteiger partial charge in [-0.3, -0.25) is 5.41 Å². The molecule has 0 unspecified atom stereocenters. The number of halogens is 10. The summed E-state index contributed by atoms with van der Waals surface area (Å²) in [6.45, 7) is 2.78. The van der Waals surface area contributed by atoms with Crippen LogP contribution in [0.25, 0.3) is 11.6 Å². The lowest BCUT2D eigenvalue weighted by molar-refractivity contribution is -0.894. The number of benzene rings is 1. The van der Waals surface area contributed by atoms with Crippen LogP contribution in [0.1, 0.15) is 30.4 Å². The summed E-state index contributed by atoms with van der Waals surface area (Å²) in [7, 11) is -10.1. The maximum absolute atomic E-state index is 13.9. The molecule has 18 heteroatoms. The first-order chi connectivity index (χ1) is 18.8.